The highest BCUT2D eigenvalue weighted by atomic mass is 32.1. The highest BCUT2D eigenvalue weighted by molar-refractivity contribution is 7.80. The Kier molecular flexibility index (Phi) is 4.27. The number of thiocarbonyl (C=S) groups is 1. The molecular formula is C13H11F2N3O2S. The molecule has 1 heterocycles. The SMILES string of the molecule is CCOC(=O)c1cnn(-c2c(F)cc(C(N)=S)cc2F)c1. The summed E-state index contributed by atoms with van der Waals surface area (Å²) in [6, 6.07) is 2.01. The number of hydrogen-bond donors (Lipinski definition) is 1. The van der Waals surface area contributed by atoms with E-state index in [2.05, 4.69) is 17.3 Å². The number of hydrogen-bond acceptors (Lipinski definition) is 4. The summed E-state index contributed by atoms with van der Waals surface area (Å²) in [6.07, 6.45) is 2.35. The molecule has 2 N–H and O–H groups in total. The van der Waals surface area contributed by atoms with Crippen molar-refractivity contribution in [2.75, 3.05) is 6.61 Å². The third kappa shape index (κ3) is 3.05. The van der Waals surface area contributed by atoms with Gasteiger partial charge in [0.05, 0.1) is 18.4 Å². The van der Waals surface area contributed by atoms with Crippen molar-refractivity contribution in [2.45, 2.75) is 6.92 Å². The molecule has 1 aromatic heterocycles. The Labute approximate surface area is 124 Å². The van der Waals surface area contributed by atoms with Crippen LogP contribution in [0.3, 0.4) is 0 Å². The van der Waals surface area contributed by atoms with Gasteiger partial charge in [0, 0.05) is 11.8 Å². The van der Waals surface area contributed by atoms with Crippen molar-refractivity contribution >= 4 is 23.2 Å². The van der Waals surface area contributed by atoms with Crippen molar-refractivity contribution in [1.29, 1.82) is 0 Å². The monoisotopic (exact) mass is 311 g/mol. The van der Waals surface area contributed by atoms with Crippen LogP contribution >= 0.6 is 12.2 Å². The van der Waals surface area contributed by atoms with Crippen molar-refractivity contribution in [2.24, 2.45) is 5.73 Å². The Morgan fingerprint density at radius 3 is 2.52 bits per heavy atom. The van der Waals surface area contributed by atoms with Crippen LogP contribution in [0.4, 0.5) is 8.78 Å². The van der Waals surface area contributed by atoms with E-state index in [-0.39, 0.29) is 22.7 Å². The molecule has 5 nitrogen and oxygen atoms in total. The molecule has 0 aliphatic heterocycles. The number of nitrogens with two attached hydrogens (primary N) is 1. The van der Waals surface area contributed by atoms with E-state index < -0.39 is 23.3 Å². The molecule has 2 aromatic rings. The maximum Gasteiger partial charge on any atom is 0.341 e. The number of benzene rings is 1. The fourth-order valence-electron chi connectivity index (χ4n) is 1.69. The molecule has 0 amide bonds. The molecule has 2 rings (SSSR count). The highest BCUT2D eigenvalue weighted by Crippen LogP contribution is 2.20. The van der Waals surface area contributed by atoms with Gasteiger partial charge in [-0.1, -0.05) is 12.2 Å². The third-order valence-corrected chi connectivity index (χ3v) is 2.86. The Balaban J connectivity index is 2.43. The number of carbonyl (C=O) groups excluding carboxylic acids is 1. The van der Waals surface area contributed by atoms with E-state index in [1.165, 1.54) is 12.4 Å². The lowest BCUT2D eigenvalue weighted by molar-refractivity contribution is 0.0526. The van der Waals surface area contributed by atoms with E-state index in [0.717, 1.165) is 16.8 Å². The molecule has 0 saturated heterocycles. The van der Waals surface area contributed by atoms with Crippen LogP contribution in [0.2, 0.25) is 0 Å². The molecule has 21 heavy (non-hydrogen) atoms. The van der Waals surface area contributed by atoms with Gasteiger partial charge in [-0.05, 0) is 19.1 Å². The molecule has 110 valence electrons. The molecule has 0 unspecified atom stereocenters. The summed E-state index contributed by atoms with van der Waals surface area (Å²) in [6.45, 7) is 1.84. The molecule has 0 aliphatic carbocycles. The van der Waals surface area contributed by atoms with Gasteiger partial charge in [0.1, 0.15) is 10.7 Å². The van der Waals surface area contributed by atoms with Crippen LogP contribution in [0, 0.1) is 11.6 Å². The Bertz CT molecular complexity index is 692. The van der Waals surface area contributed by atoms with Gasteiger partial charge < -0.3 is 10.5 Å². The lowest BCUT2D eigenvalue weighted by Crippen LogP contribution is -2.12. The topological polar surface area (TPSA) is 70.1 Å². The Hall–Kier alpha value is -2.35. The lowest BCUT2D eigenvalue weighted by Gasteiger charge is -2.07. The minimum absolute atomic E-state index is 0.0709. The van der Waals surface area contributed by atoms with E-state index in [9.17, 15) is 13.6 Å². The molecular weight excluding hydrogens is 300 g/mol. The number of carbonyl (C=O) groups is 1. The molecule has 0 bridgehead atoms. The predicted molar refractivity (Wildman–Crippen MR) is 75.3 cm³/mol. The zero-order valence-electron chi connectivity index (χ0n) is 11.0. The second-order valence-corrected chi connectivity index (χ2v) is 4.49. The molecule has 1 aromatic carbocycles. The number of nitrogens with zero attached hydrogens (tertiary/aromatic N) is 2. The quantitative estimate of drug-likeness (QED) is 0.690. The first-order valence-corrected chi connectivity index (χ1v) is 6.36. The second kappa shape index (κ2) is 5.96. The van der Waals surface area contributed by atoms with Crippen molar-refractivity contribution in [3.8, 4) is 5.69 Å². The first-order valence-electron chi connectivity index (χ1n) is 5.95. The summed E-state index contributed by atoms with van der Waals surface area (Å²) < 4.78 is 33.7. The smallest absolute Gasteiger partial charge is 0.341 e. The van der Waals surface area contributed by atoms with Crippen molar-refractivity contribution in [1.82, 2.24) is 9.78 Å². The average Bonchev–Trinajstić information content (AvgIpc) is 2.87. The normalized spacial score (nSPS) is 10.4. The van der Waals surface area contributed by atoms with Crippen LogP contribution in [-0.2, 0) is 4.74 Å². The van der Waals surface area contributed by atoms with E-state index in [0.29, 0.717) is 0 Å². The zero-order valence-corrected chi connectivity index (χ0v) is 11.8. The third-order valence-electron chi connectivity index (χ3n) is 2.62. The van der Waals surface area contributed by atoms with E-state index in [1.54, 1.807) is 6.92 Å². The van der Waals surface area contributed by atoms with Gasteiger partial charge in [-0.3, -0.25) is 0 Å². The highest BCUT2D eigenvalue weighted by Gasteiger charge is 2.17. The van der Waals surface area contributed by atoms with Gasteiger partial charge in [0.15, 0.2) is 11.6 Å². The Morgan fingerprint density at radius 2 is 2.00 bits per heavy atom. The largest absolute Gasteiger partial charge is 0.462 e. The number of esters is 1. The average molecular weight is 311 g/mol. The van der Waals surface area contributed by atoms with Crippen molar-refractivity contribution in [3.05, 3.63) is 47.3 Å². The van der Waals surface area contributed by atoms with E-state index >= 15 is 0 Å². The van der Waals surface area contributed by atoms with Crippen LogP contribution in [0.1, 0.15) is 22.8 Å². The minimum Gasteiger partial charge on any atom is -0.462 e. The maximum atomic E-state index is 14.0. The summed E-state index contributed by atoms with van der Waals surface area (Å²) >= 11 is 4.67. The summed E-state index contributed by atoms with van der Waals surface area (Å²) in [5.41, 5.74) is 5.07. The van der Waals surface area contributed by atoms with Crippen molar-refractivity contribution < 1.29 is 18.3 Å². The maximum absolute atomic E-state index is 14.0. The van der Waals surface area contributed by atoms with Gasteiger partial charge >= 0.3 is 5.97 Å². The molecule has 0 fully saturated rings. The summed E-state index contributed by atoms with van der Waals surface area (Å²) in [5.74, 6) is -2.41. The number of halogens is 2. The molecule has 0 spiro atoms. The standard InChI is InChI=1S/C13H11F2N3O2S/c1-2-20-13(19)8-5-17-18(6-8)11-9(14)3-7(12(16)21)4-10(11)15/h3-6H,2H2,1H3,(H2,16,21). The molecule has 8 heteroatoms. The minimum atomic E-state index is -0.892. The van der Waals surface area contributed by atoms with Crippen LogP contribution in [0.25, 0.3) is 5.69 Å². The van der Waals surface area contributed by atoms with Gasteiger partial charge in [-0.2, -0.15) is 5.10 Å². The summed E-state index contributed by atoms with van der Waals surface area (Å²) in [4.78, 5) is 11.4. The van der Waals surface area contributed by atoms with Crippen LogP contribution < -0.4 is 5.73 Å². The fraction of sp³-hybridized carbons (Fsp3) is 0.154. The molecule has 0 saturated carbocycles. The molecule has 0 atom stereocenters. The number of aromatic nitrogens is 2. The van der Waals surface area contributed by atoms with E-state index in [4.69, 9.17) is 10.5 Å². The second-order valence-electron chi connectivity index (χ2n) is 4.05. The van der Waals surface area contributed by atoms with Gasteiger partial charge in [0.25, 0.3) is 0 Å². The number of rotatable bonds is 4. The Morgan fingerprint density at radius 1 is 1.38 bits per heavy atom. The van der Waals surface area contributed by atoms with Crippen LogP contribution in [0.15, 0.2) is 24.5 Å². The van der Waals surface area contributed by atoms with Crippen LogP contribution in [-0.4, -0.2) is 27.3 Å². The summed E-state index contributed by atoms with van der Waals surface area (Å²) in [7, 11) is 0. The molecule has 0 aliphatic rings. The summed E-state index contributed by atoms with van der Waals surface area (Å²) in [5, 5.41) is 3.76. The van der Waals surface area contributed by atoms with Crippen molar-refractivity contribution in [3.63, 3.8) is 0 Å². The van der Waals surface area contributed by atoms with Gasteiger partial charge in [-0.15, -0.1) is 0 Å². The predicted octanol–water partition coefficient (Wildman–Crippen LogP) is 1.96. The first-order chi connectivity index (χ1) is 9.93. The number of ether oxygens (including phenoxy) is 1. The zero-order chi connectivity index (χ0) is 15.6. The van der Waals surface area contributed by atoms with Gasteiger partial charge in [0.2, 0.25) is 0 Å². The molecule has 0 radical (unpaired) electrons. The lowest BCUT2D eigenvalue weighted by atomic mass is 10.2. The van der Waals surface area contributed by atoms with Crippen LogP contribution in [0.5, 0.6) is 0 Å². The van der Waals surface area contributed by atoms with E-state index in [1.807, 2.05) is 0 Å². The first kappa shape index (κ1) is 15.0. The fourth-order valence-corrected chi connectivity index (χ4v) is 1.81. The van der Waals surface area contributed by atoms with Gasteiger partial charge in [-0.25, -0.2) is 18.3 Å².